The lowest BCUT2D eigenvalue weighted by atomic mass is 9.46. The number of hydrogen-bond donors (Lipinski definition) is 0. The van der Waals surface area contributed by atoms with Gasteiger partial charge in [-0.25, -0.2) is 0 Å². The summed E-state index contributed by atoms with van der Waals surface area (Å²) in [6, 6.07) is 0. The Kier molecular flexibility index (Phi) is 2.30. The third-order valence-corrected chi connectivity index (χ3v) is 5.13. The van der Waals surface area contributed by atoms with Crippen LogP contribution < -0.4 is 0 Å². The van der Waals surface area contributed by atoms with E-state index in [1.807, 2.05) is 0 Å². The number of Topliss-reactive ketones (excluding diaryl/α,β-unsaturated/α-hetero) is 1. The molecule has 3 rings (SSSR count). The van der Waals surface area contributed by atoms with Crippen LogP contribution in [0.1, 0.15) is 53.9 Å². The van der Waals surface area contributed by atoms with Gasteiger partial charge >= 0.3 is 0 Å². The first-order valence-electron chi connectivity index (χ1n) is 6.34. The number of hydrogen-bond acceptors (Lipinski definition) is 1. The van der Waals surface area contributed by atoms with E-state index in [1.165, 1.54) is 6.42 Å². The van der Waals surface area contributed by atoms with Crippen LogP contribution in [0.3, 0.4) is 0 Å². The summed E-state index contributed by atoms with van der Waals surface area (Å²) in [5.41, 5.74) is -0.0760. The van der Waals surface area contributed by atoms with Crippen molar-refractivity contribution in [2.75, 3.05) is 0 Å². The smallest absolute Gasteiger partial charge is 0.144 e. The third-order valence-electron chi connectivity index (χ3n) is 5.13. The van der Waals surface area contributed by atoms with Crippen molar-refractivity contribution in [2.45, 2.75) is 53.9 Å². The van der Waals surface area contributed by atoms with Gasteiger partial charge in [0.2, 0.25) is 0 Å². The normalized spacial score (nSPS) is 43.7. The Labute approximate surface area is 93.6 Å². The minimum atomic E-state index is -0.0693. The van der Waals surface area contributed by atoms with Crippen LogP contribution >= 0.6 is 0 Å². The van der Waals surface area contributed by atoms with Gasteiger partial charge in [-0.1, -0.05) is 34.6 Å². The van der Waals surface area contributed by atoms with Crippen molar-refractivity contribution >= 4 is 5.78 Å². The highest BCUT2D eigenvalue weighted by Crippen LogP contribution is 2.59. The standard InChI is InChI=1S/C14H24O/c1-9(2)10-8-14(5)7-6-11(10)13(3,4)12(14)15/h9-11H,6-8H2,1-5H3. The molecule has 1 nitrogen and oxygen atoms in total. The summed E-state index contributed by atoms with van der Waals surface area (Å²) < 4.78 is 0. The fourth-order valence-corrected chi connectivity index (χ4v) is 4.20. The monoisotopic (exact) mass is 208 g/mol. The third kappa shape index (κ3) is 1.38. The molecule has 0 aliphatic heterocycles. The molecule has 1 heteroatoms. The summed E-state index contributed by atoms with van der Waals surface area (Å²) in [5, 5.41) is 0. The predicted molar refractivity (Wildman–Crippen MR) is 62.6 cm³/mol. The minimum absolute atomic E-state index is 0.00676. The van der Waals surface area contributed by atoms with Gasteiger partial charge in [-0.3, -0.25) is 4.79 Å². The van der Waals surface area contributed by atoms with E-state index in [1.54, 1.807) is 0 Å². The molecule has 3 unspecified atom stereocenters. The zero-order valence-corrected chi connectivity index (χ0v) is 10.8. The van der Waals surface area contributed by atoms with E-state index < -0.39 is 0 Å². The highest BCUT2D eigenvalue weighted by atomic mass is 16.1. The summed E-state index contributed by atoms with van der Waals surface area (Å²) in [5.74, 6) is 2.65. The maximum absolute atomic E-state index is 12.4. The number of rotatable bonds is 1. The lowest BCUT2D eigenvalue weighted by molar-refractivity contribution is -0.161. The van der Waals surface area contributed by atoms with Crippen LogP contribution in [0.25, 0.3) is 0 Å². The molecule has 86 valence electrons. The van der Waals surface area contributed by atoms with Gasteiger partial charge in [0.05, 0.1) is 0 Å². The average Bonchev–Trinajstić information content (AvgIpc) is 2.13. The zero-order valence-electron chi connectivity index (χ0n) is 10.8. The van der Waals surface area contributed by atoms with Gasteiger partial charge in [0, 0.05) is 10.8 Å². The second-order valence-electron chi connectivity index (χ2n) is 6.87. The molecule has 0 aromatic heterocycles. The van der Waals surface area contributed by atoms with Crippen molar-refractivity contribution in [3.63, 3.8) is 0 Å². The Morgan fingerprint density at radius 3 is 2.33 bits per heavy atom. The van der Waals surface area contributed by atoms with E-state index in [0.717, 1.165) is 24.7 Å². The zero-order chi connectivity index (χ0) is 11.4. The van der Waals surface area contributed by atoms with E-state index >= 15 is 0 Å². The molecule has 2 bridgehead atoms. The van der Waals surface area contributed by atoms with Crippen LogP contribution in [-0.2, 0) is 4.79 Å². The summed E-state index contributed by atoms with van der Waals surface area (Å²) in [7, 11) is 0. The van der Waals surface area contributed by atoms with Crippen molar-refractivity contribution < 1.29 is 4.79 Å². The van der Waals surface area contributed by atoms with Crippen LogP contribution in [-0.4, -0.2) is 5.78 Å². The maximum Gasteiger partial charge on any atom is 0.144 e. The number of fused-ring (bicyclic) bond motifs is 3. The number of ketones is 1. The molecular formula is C14H24O. The first-order chi connectivity index (χ1) is 6.79. The highest BCUT2D eigenvalue weighted by molar-refractivity contribution is 5.91. The Hall–Kier alpha value is -0.330. The highest BCUT2D eigenvalue weighted by Gasteiger charge is 2.58. The molecule has 0 radical (unpaired) electrons. The second-order valence-corrected chi connectivity index (χ2v) is 6.87. The quantitative estimate of drug-likeness (QED) is 0.642. The molecule has 0 spiro atoms. The molecule has 0 amide bonds. The Bertz CT molecular complexity index is 283. The van der Waals surface area contributed by atoms with Gasteiger partial charge in [-0.15, -0.1) is 0 Å². The largest absolute Gasteiger partial charge is 0.298 e. The maximum atomic E-state index is 12.4. The van der Waals surface area contributed by atoms with Crippen molar-refractivity contribution in [1.82, 2.24) is 0 Å². The molecule has 0 N–H and O–H groups in total. The molecular weight excluding hydrogens is 184 g/mol. The van der Waals surface area contributed by atoms with Gasteiger partial charge in [0.25, 0.3) is 0 Å². The van der Waals surface area contributed by atoms with Gasteiger partial charge < -0.3 is 0 Å². The Morgan fingerprint density at radius 2 is 1.87 bits per heavy atom. The molecule has 3 aliphatic rings. The minimum Gasteiger partial charge on any atom is -0.298 e. The molecule has 0 aromatic carbocycles. The SMILES string of the molecule is CC(C)C1CC2(C)CCC1C(C)(C)C2=O. The van der Waals surface area contributed by atoms with Gasteiger partial charge in [-0.2, -0.15) is 0 Å². The molecule has 0 aromatic rings. The van der Waals surface area contributed by atoms with Crippen LogP contribution in [0.2, 0.25) is 0 Å². The average molecular weight is 208 g/mol. The summed E-state index contributed by atoms with van der Waals surface area (Å²) in [6.07, 6.45) is 3.53. The van der Waals surface area contributed by atoms with E-state index in [2.05, 4.69) is 34.6 Å². The predicted octanol–water partition coefficient (Wildman–Crippen LogP) is 3.67. The molecule has 15 heavy (non-hydrogen) atoms. The molecule has 3 aliphatic carbocycles. The van der Waals surface area contributed by atoms with Crippen LogP contribution in [0, 0.1) is 28.6 Å². The fourth-order valence-electron chi connectivity index (χ4n) is 4.20. The van der Waals surface area contributed by atoms with Gasteiger partial charge in [0.15, 0.2) is 0 Å². The molecule has 3 atom stereocenters. The first-order valence-corrected chi connectivity index (χ1v) is 6.34. The second kappa shape index (κ2) is 3.09. The summed E-state index contributed by atoms with van der Waals surface area (Å²) in [4.78, 5) is 12.4. The molecule has 3 saturated carbocycles. The number of carbonyl (C=O) groups is 1. The van der Waals surface area contributed by atoms with E-state index in [0.29, 0.717) is 11.7 Å². The Morgan fingerprint density at radius 1 is 1.27 bits per heavy atom. The van der Waals surface area contributed by atoms with Crippen LogP contribution in [0.15, 0.2) is 0 Å². The lowest BCUT2D eigenvalue weighted by Crippen LogP contribution is -2.57. The van der Waals surface area contributed by atoms with E-state index in [4.69, 9.17) is 0 Å². The van der Waals surface area contributed by atoms with E-state index in [9.17, 15) is 4.79 Å². The molecule has 3 fully saturated rings. The van der Waals surface area contributed by atoms with Crippen molar-refractivity contribution in [1.29, 1.82) is 0 Å². The molecule has 0 saturated heterocycles. The molecule has 0 heterocycles. The van der Waals surface area contributed by atoms with Crippen molar-refractivity contribution in [2.24, 2.45) is 28.6 Å². The van der Waals surface area contributed by atoms with Crippen molar-refractivity contribution in [3.8, 4) is 0 Å². The summed E-state index contributed by atoms with van der Waals surface area (Å²) in [6.45, 7) is 11.2. The van der Waals surface area contributed by atoms with E-state index in [-0.39, 0.29) is 10.8 Å². The van der Waals surface area contributed by atoms with Crippen LogP contribution in [0.4, 0.5) is 0 Å². The first kappa shape index (κ1) is 11.2. The number of carbonyl (C=O) groups excluding carboxylic acids is 1. The van der Waals surface area contributed by atoms with Crippen molar-refractivity contribution in [3.05, 3.63) is 0 Å². The Balaban J connectivity index is 2.38. The van der Waals surface area contributed by atoms with Crippen LogP contribution in [0.5, 0.6) is 0 Å². The summed E-state index contributed by atoms with van der Waals surface area (Å²) >= 11 is 0. The fraction of sp³-hybridized carbons (Fsp3) is 0.929. The van der Waals surface area contributed by atoms with Gasteiger partial charge in [-0.05, 0) is 37.0 Å². The van der Waals surface area contributed by atoms with Gasteiger partial charge in [0.1, 0.15) is 5.78 Å². The topological polar surface area (TPSA) is 17.1 Å². The lowest BCUT2D eigenvalue weighted by Gasteiger charge is -2.57.